The molecule has 1 aromatic heterocycles. The molecule has 0 unspecified atom stereocenters. The number of carboxylic acids is 1. The average Bonchev–Trinajstić information content (AvgIpc) is 2.63. The molecule has 0 saturated heterocycles. The smallest absolute Gasteiger partial charge is 0.310 e. The summed E-state index contributed by atoms with van der Waals surface area (Å²) >= 11 is 1.67. The van der Waals surface area contributed by atoms with E-state index in [0.717, 1.165) is 10.7 Å². The van der Waals surface area contributed by atoms with Crippen molar-refractivity contribution in [3.63, 3.8) is 0 Å². The topological polar surface area (TPSA) is 62.2 Å². The van der Waals surface area contributed by atoms with Crippen LogP contribution in [0.3, 0.4) is 0 Å². The number of carbonyl (C=O) groups is 1. The first kappa shape index (κ1) is 15.1. The van der Waals surface area contributed by atoms with E-state index in [9.17, 15) is 9.90 Å². The molecule has 102 valence electrons. The molecule has 1 heterocycles. The molecule has 0 atom stereocenters. The minimum absolute atomic E-state index is 0.506. The van der Waals surface area contributed by atoms with Crippen molar-refractivity contribution >= 4 is 17.3 Å². The van der Waals surface area contributed by atoms with Crippen molar-refractivity contribution < 1.29 is 9.90 Å². The lowest BCUT2D eigenvalue weighted by Gasteiger charge is -2.26. The Hall–Kier alpha value is -0.940. The van der Waals surface area contributed by atoms with Gasteiger partial charge in [-0.2, -0.15) is 0 Å². The second-order valence-electron chi connectivity index (χ2n) is 4.64. The van der Waals surface area contributed by atoms with E-state index < -0.39 is 11.4 Å². The number of rotatable bonds is 7. The molecule has 4 nitrogen and oxygen atoms in total. The van der Waals surface area contributed by atoms with Crippen LogP contribution in [0, 0.1) is 19.3 Å². The van der Waals surface area contributed by atoms with Crippen LogP contribution in [0.25, 0.3) is 0 Å². The van der Waals surface area contributed by atoms with Crippen molar-refractivity contribution in [1.29, 1.82) is 0 Å². The Morgan fingerprint density at radius 2 is 2.00 bits per heavy atom. The molecule has 18 heavy (non-hydrogen) atoms. The Morgan fingerprint density at radius 1 is 1.39 bits per heavy atom. The summed E-state index contributed by atoms with van der Waals surface area (Å²) < 4.78 is 0. The Balaban J connectivity index is 2.59. The van der Waals surface area contributed by atoms with Crippen LogP contribution < -0.4 is 5.32 Å². The van der Waals surface area contributed by atoms with Gasteiger partial charge in [0.2, 0.25) is 0 Å². The van der Waals surface area contributed by atoms with Crippen LogP contribution >= 0.6 is 11.3 Å². The van der Waals surface area contributed by atoms with Crippen molar-refractivity contribution in [3.8, 4) is 0 Å². The Bertz CT molecular complexity index is 411. The van der Waals surface area contributed by atoms with E-state index in [1.807, 2.05) is 27.7 Å². The highest BCUT2D eigenvalue weighted by molar-refractivity contribution is 7.11. The predicted molar refractivity (Wildman–Crippen MR) is 73.9 cm³/mol. The summed E-state index contributed by atoms with van der Waals surface area (Å²) in [7, 11) is 0. The number of thiazole rings is 1. The molecule has 0 bridgehead atoms. The molecule has 0 fully saturated rings. The number of carboxylic acid groups (broad SMARTS) is 1. The monoisotopic (exact) mass is 270 g/mol. The summed E-state index contributed by atoms with van der Waals surface area (Å²) in [6, 6.07) is 0. The summed E-state index contributed by atoms with van der Waals surface area (Å²) in [5.74, 6) is -0.711. The zero-order valence-electron chi connectivity index (χ0n) is 11.5. The highest BCUT2D eigenvalue weighted by Crippen LogP contribution is 2.26. The van der Waals surface area contributed by atoms with Gasteiger partial charge < -0.3 is 10.4 Å². The lowest BCUT2D eigenvalue weighted by molar-refractivity contribution is -0.149. The van der Waals surface area contributed by atoms with Crippen LogP contribution in [0.1, 0.15) is 42.3 Å². The summed E-state index contributed by atoms with van der Waals surface area (Å²) in [6.45, 7) is 9.05. The SMILES string of the molecule is CCC(CC)(CNCc1sc(C)nc1C)C(=O)O. The van der Waals surface area contributed by atoms with Gasteiger partial charge in [-0.3, -0.25) is 4.79 Å². The van der Waals surface area contributed by atoms with Crippen LogP contribution in [0.2, 0.25) is 0 Å². The molecule has 0 aliphatic rings. The number of hydrogen-bond donors (Lipinski definition) is 2. The van der Waals surface area contributed by atoms with Gasteiger partial charge in [0.05, 0.1) is 16.1 Å². The number of aryl methyl sites for hydroxylation is 2. The number of aliphatic carboxylic acids is 1. The van der Waals surface area contributed by atoms with Crippen molar-refractivity contribution in [3.05, 3.63) is 15.6 Å². The molecule has 0 aliphatic heterocycles. The third-order valence-corrected chi connectivity index (χ3v) is 4.63. The minimum atomic E-state index is -0.711. The molecular formula is C13H22N2O2S. The van der Waals surface area contributed by atoms with Crippen molar-refractivity contribution in [1.82, 2.24) is 10.3 Å². The van der Waals surface area contributed by atoms with E-state index >= 15 is 0 Å². The molecular weight excluding hydrogens is 248 g/mol. The Morgan fingerprint density at radius 3 is 2.39 bits per heavy atom. The van der Waals surface area contributed by atoms with Gasteiger partial charge in [-0.15, -0.1) is 11.3 Å². The van der Waals surface area contributed by atoms with E-state index in [1.54, 1.807) is 11.3 Å². The summed E-state index contributed by atoms with van der Waals surface area (Å²) in [5, 5.41) is 13.7. The molecule has 1 rings (SSSR count). The van der Waals surface area contributed by atoms with E-state index in [0.29, 0.717) is 25.9 Å². The third-order valence-electron chi connectivity index (χ3n) is 3.56. The first-order valence-corrected chi connectivity index (χ1v) is 7.14. The van der Waals surface area contributed by atoms with Crippen LogP contribution in [-0.4, -0.2) is 22.6 Å². The summed E-state index contributed by atoms with van der Waals surface area (Å²) in [6.07, 6.45) is 1.29. The van der Waals surface area contributed by atoms with Crippen molar-refractivity contribution in [2.75, 3.05) is 6.54 Å². The summed E-state index contributed by atoms with van der Waals surface area (Å²) in [5.41, 5.74) is 0.395. The van der Waals surface area contributed by atoms with E-state index in [4.69, 9.17) is 0 Å². The maximum atomic E-state index is 11.3. The van der Waals surface area contributed by atoms with Gasteiger partial charge in [-0.25, -0.2) is 4.98 Å². The lowest BCUT2D eigenvalue weighted by atomic mass is 9.82. The average molecular weight is 270 g/mol. The van der Waals surface area contributed by atoms with Gasteiger partial charge in [0.1, 0.15) is 0 Å². The third kappa shape index (κ3) is 3.29. The normalized spacial score (nSPS) is 11.8. The van der Waals surface area contributed by atoms with Gasteiger partial charge in [-0.05, 0) is 26.7 Å². The largest absolute Gasteiger partial charge is 0.481 e. The van der Waals surface area contributed by atoms with Gasteiger partial charge in [-0.1, -0.05) is 13.8 Å². The predicted octanol–water partition coefficient (Wildman–Crippen LogP) is 2.74. The number of aromatic nitrogens is 1. The first-order valence-electron chi connectivity index (χ1n) is 6.32. The first-order chi connectivity index (χ1) is 8.45. The second kappa shape index (κ2) is 6.29. The van der Waals surface area contributed by atoms with Gasteiger partial charge in [0.15, 0.2) is 0 Å². The number of hydrogen-bond acceptors (Lipinski definition) is 4. The highest BCUT2D eigenvalue weighted by Gasteiger charge is 2.34. The lowest BCUT2D eigenvalue weighted by Crippen LogP contribution is -2.39. The summed E-state index contributed by atoms with van der Waals surface area (Å²) in [4.78, 5) is 16.9. The molecule has 0 aliphatic carbocycles. The number of nitrogens with one attached hydrogen (secondary N) is 1. The molecule has 2 N–H and O–H groups in total. The number of nitrogens with zero attached hydrogens (tertiary/aromatic N) is 1. The molecule has 1 aromatic rings. The van der Waals surface area contributed by atoms with Crippen molar-refractivity contribution in [2.45, 2.75) is 47.1 Å². The quantitative estimate of drug-likeness (QED) is 0.799. The van der Waals surface area contributed by atoms with E-state index in [-0.39, 0.29) is 0 Å². The zero-order chi connectivity index (χ0) is 13.8. The maximum Gasteiger partial charge on any atom is 0.310 e. The maximum absolute atomic E-state index is 11.3. The Kier molecular flexibility index (Phi) is 5.28. The molecule has 0 amide bonds. The molecule has 0 aromatic carbocycles. The minimum Gasteiger partial charge on any atom is -0.481 e. The molecule has 0 saturated carbocycles. The fraction of sp³-hybridized carbons (Fsp3) is 0.692. The standard InChI is InChI=1S/C13H22N2O2S/c1-5-13(6-2,12(16)17)8-14-7-11-9(3)15-10(4)18-11/h14H,5-8H2,1-4H3,(H,16,17). The van der Waals surface area contributed by atoms with Crippen LogP contribution in [0.4, 0.5) is 0 Å². The van der Waals surface area contributed by atoms with Gasteiger partial charge in [0.25, 0.3) is 0 Å². The van der Waals surface area contributed by atoms with Crippen LogP contribution in [0.15, 0.2) is 0 Å². The molecule has 0 spiro atoms. The molecule has 5 heteroatoms. The van der Waals surface area contributed by atoms with Gasteiger partial charge in [0, 0.05) is 18.0 Å². The van der Waals surface area contributed by atoms with Crippen LogP contribution in [-0.2, 0) is 11.3 Å². The fourth-order valence-corrected chi connectivity index (χ4v) is 2.94. The van der Waals surface area contributed by atoms with Crippen molar-refractivity contribution in [2.24, 2.45) is 5.41 Å². The van der Waals surface area contributed by atoms with Gasteiger partial charge >= 0.3 is 5.97 Å². The zero-order valence-corrected chi connectivity index (χ0v) is 12.4. The molecule has 0 radical (unpaired) electrons. The second-order valence-corrected chi connectivity index (χ2v) is 5.93. The van der Waals surface area contributed by atoms with E-state index in [2.05, 4.69) is 10.3 Å². The Labute approximate surface area is 112 Å². The fourth-order valence-electron chi connectivity index (χ4n) is 2.03. The van der Waals surface area contributed by atoms with Crippen LogP contribution in [0.5, 0.6) is 0 Å². The highest BCUT2D eigenvalue weighted by atomic mass is 32.1. The van der Waals surface area contributed by atoms with E-state index in [1.165, 1.54) is 4.88 Å².